The molecule has 0 atom stereocenters. The number of alkyl halides is 1. The molecule has 0 heterocycles. The Labute approximate surface area is 105 Å². The highest BCUT2D eigenvalue weighted by atomic mass is 35.5. The highest BCUT2D eigenvalue weighted by Crippen LogP contribution is 2.15. The fraction of sp³-hybridized carbons (Fsp3) is 0.333. The number of hydrogen-bond donors (Lipinski definition) is 2. The molecule has 1 aromatic carbocycles. The highest BCUT2D eigenvalue weighted by Gasteiger charge is 2.12. The number of benzene rings is 1. The van der Waals surface area contributed by atoms with Crippen LogP contribution in [0.25, 0.3) is 0 Å². The summed E-state index contributed by atoms with van der Waals surface area (Å²) in [6.45, 7) is 3.75. The lowest BCUT2D eigenvalue weighted by atomic mass is 10.1. The summed E-state index contributed by atoms with van der Waals surface area (Å²) < 4.78 is 0. The molecule has 0 unspecified atom stereocenters. The summed E-state index contributed by atoms with van der Waals surface area (Å²) in [4.78, 5) is 23.1. The average molecular weight is 255 g/mol. The Morgan fingerprint density at radius 3 is 2.53 bits per heavy atom. The smallest absolute Gasteiger partial charge is 0.253 e. The molecule has 2 amide bonds. The van der Waals surface area contributed by atoms with E-state index >= 15 is 0 Å². The van der Waals surface area contributed by atoms with Gasteiger partial charge < -0.3 is 10.6 Å². The molecule has 1 aromatic rings. The molecule has 92 valence electrons. The van der Waals surface area contributed by atoms with Gasteiger partial charge in [-0.15, -0.1) is 11.6 Å². The molecule has 1 rings (SSSR count). The van der Waals surface area contributed by atoms with Gasteiger partial charge in [0.05, 0.1) is 11.3 Å². The number of carbonyl (C=O) groups excluding carboxylic acids is 2. The van der Waals surface area contributed by atoms with Gasteiger partial charge in [-0.1, -0.05) is 12.1 Å². The molecule has 0 fully saturated rings. The second kappa shape index (κ2) is 6.25. The van der Waals surface area contributed by atoms with Crippen molar-refractivity contribution >= 4 is 29.1 Å². The van der Waals surface area contributed by atoms with Crippen molar-refractivity contribution in [2.24, 2.45) is 0 Å². The molecule has 0 saturated heterocycles. The monoisotopic (exact) mass is 254 g/mol. The number of rotatable bonds is 4. The van der Waals surface area contributed by atoms with Gasteiger partial charge in [0.1, 0.15) is 5.88 Å². The van der Waals surface area contributed by atoms with Crippen molar-refractivity contribution in [3.63, 3.8) is 0 Å². The summed E-state index contributed by atoms with van der Waals surface area (Å²) in [7, 11) is 0. The first-order valence-electron chi connectivity index (χ1n) is 5.30. The number of anilines is 1. The zero-order valence-corrected chi connectivity index (χ0v) is 10.5. The molecule has 0 saturated carbocycles. The minimum Gasteiger partial charge on any atom is -0.350 e. The summed E-state index contributed by atoms with van der Waals surface area (Å²) in [6.07, 6.45) is 0. The number of amides is 2. The molecule has 0 aromatic heterocycles. The normalized spacial score (nSPS) is 10.1. The summed E-state index contributed by atoms with van der Waals surface area (Å²) >= 11 is 5.41. The van der Waals surface area contributed by atoms with Crippen molar-refractivity contribution < 1.29 is 9.59 Å². The van der Waals surface area contributed by atoms with Crippen LogP contribution < -0.4 is 10.6 Å². The van der Waals surface area contributed by atoms with Gasteiger partial charge in [0.15, 0.2) is 0 Å². The highest BCUT2D eigenvalue weighted by molar-refractivity contribution is 6.29. The molecule has 0 spiro atoms. The largest absolute Gasteiger partial charge is 0.350 e. The fourth-order valence-corrected chi connectivity index (χ4v) is 1.38. The predicted molar refractivity (Wildman–Crippen MR) is 68.4 cm³/mol. The average Bonchev–Trinajstić information content (AvgIpc) is 2.28. The van der Waals surface area contributed by atoms with E-state index in [-0.39, 0.29) is 23.7 Å². The maximum Gasteiger partial charge on any atom is 0.253 e. The van der Waals surface area contributed by atoms with Crippen molar-refractivity contribution in [1.29, 1.82) is 0 Å². The Kier molecular flexibility index (Phi) is 4.97. The summed E-state index contributed by atoms with van der Waals surface area (Å²) in [5, 5.41) is 5.35. The maximum absolute atomic E-state index is 11.9. The van der Waals surface area contributed by atoms with Crippen LogP contribution in [-0.2, 0) is 4.79 Å². The second-order valence-electron chi connectivity index (χ2n) is 3.86. The van der Waals surface area contributed by atoms with E-state index in [9.17, 15) is 9.59 Å². The van der Waals surface area contributed by atoms with Gasteiger partial charge in [0.25, 0.3) is 5.91 Å². The summed E-state index contributed by atoms with van der Waals surface area (Å²) in [5.41, 5.74) is 0.899. The quantitative estimate of drug-likeness (QED) is 0.808. The zero-order chi connectivity index (χ0) is 12.8. The zero-order valence-electron chi connectivity index (χ0n) is 9.79. The molecule has 0 bridgehead atoms. The summed E-state index contributed by atoms with van der Waals surface area (Å²) in [5.74, 6) is -0.693. The third kappa shape index (κ3) is 4.07. The van der Waals surface area contributed by atoms with Crippen LogP contribution in [0.4, 0.5) is 5.69 Å². The van der Waals surface area contributed by atoms with Crippen molar-refractivity contribution in [1.82, 2.24) is 5.32 Å². The van der Waals surface area contributed by atoms with Crippen LogP contribution in [0.15, 0.2) is 24.3 Å². The number of nitrogens with one attached hydrogen (secondary N) is 2. The number of para-hydroxylation sites is 1. The van der Waals surface area contributed by atoms with Crippen molar-refractivity contribution in [3.8, 4) is 0 Å². The molecule has 0 radical (unpaired) electrons. The molecule has 2 N–H and O–H groups in total. The summed E-state index contributed by atoms with van der Waals surface area (Å²) in [6, 6.07) is 6.85. The number of halogens is 1. The van der Waals surface area contributed by atoms with E-state index in [0.717, 1.165) is 0 Å². The maximum atomic E-state index is 11.9. The Bertz CT molecular complexity index is 419. The van der Waals surface area contributed by atoms with Gasteiger partial charge in [-0.3, -0.25) is 9.59 Å². The van der Waals surface area contributed by atoms with Crippen molar-refractivity contribution in [3.05, 3.63) is 29.8 Å². The molecule has 0 aliphatic carbocycles. The van der Waals surface area contributed by atoms with Crippen LogP contribution in [0.2, 0.25) is 0 Å². The van der Waals surface area contributed by atoms with Crippen molar-refractivity contribution in [2.45, 2.75) is 19.9 Å². The van der Waals surface area contributed by atoms with Crippen LogP contribution in [0.5, 0.6) is 0 Å². The van der Waals surface area contributed by atoms with Gasteiger partial charge >= 0.3 is 0 Å². The first kappa shape index (κ1) is 13.5. The molecule has 4 nitrogen and oxygen atoms in total. The molecule has 0 aliphatic rings. The van der Waals surface area contributed by atoms with E-state index in [0.29, 0.717) is 11.3 Å². The lowest BCUT2D eigenvalue weighted by molar-refractivity contribution is -0.113. The first-order valence-corrected chi connectivity index (χ1v) is 5.83. The first-order chi connectivity index (χ1) is 8.04. The van der Waals surface area contributed by atoms with Gasteiger partial charge in [-0.2, -0.15) is 0 Å². The predicted octanol–water partition coefficient (Wildman–Crippen LogP) is 2.00. The fourth-order valence-electron chi connectivity index (χ4n) is 1.31. The standard InChI is InChI=1S/C12H15ClN2O2/c1-8(2)14-12(17)9-5-3-4-6-10(9)15-11(16)7-13/h3-6,8H,7H2,1-2H3,(H,14,17)(H,15,16). The molecule has 5 heteroatoms. The van der Waals surface area contributed by atoms with E-state index in [1.165, 1.54) is 0 Å². The molecule has 17 heavy (non-hydrogen) atoms. The Morgan fingerprint density at radius 2 is 1.94 bits per heavy atom. The molecule has 0 aliphatic heterocycles. The van der Waals surface area contributed by atoms with Gasteiger partial charge in [0.2, 0.25) is 5.91 Å². The topological polar surface area (TPSA) is 58.2 Å². The number of carbonyl (C=O) groups is 2. The van der Waals surface area contributed by atoms with Crippen LogP contribution in [0, 0.1) is 0 Å². The minimum absolute atomic E-state index is 0.0410. The van der Waals surface area contributed by atoms with E-state index in [4.69, 9.17) is 11.6 Å². The van der Waals surface area contributed by atoms with Crippen LogP contribution >= 0.6 is 11.6 Å². The van der Waals surface area contributed by atoms with E-state index in [1.54, 1.807) is 24.3 Å². The van der Waals surface area contributed by atoms with Crippen LogP contribution in [0.1, 0.15) is 24.2 Å². The second-order valence-corrected chi connectivity index (χ2v) is 4.12. The molecular formula is C12H15ClN2O2. The van der Waals surface area contributed by atoms with Gasteiger partial charge in [-0.25, -0.2) is 0 Å². The van der Waals surface area contributed by atoms with Crippen LogP contribution in [0.3, 0.4) is 0 Å². The Balaban J connectivity index is 2.91. The lowest BCUT2D eigenvalue weighted by Crippen LogP contribution is -2.31. The van der Waals surface area contributed by atoms with E-state index in [1.807, 2.05) is 13.8 Å². The van der Waals surface area contributed by atoms with Crippen LogP contribution in [-0.4, -0.2) is 23.7 Å². The number of hydrogen-bond acceptors (Lipinski definition) is 2. The minimum atomic E-state index is -0.337. The third-order valence-electron chi connectivity index (χ3n) is 1.99. The van der Waals surface area contributed by atoms with Crippen molar-refractivity contribution in [2.75, 3.05) is 11.2 Å². The van der Waals surface area contributed by atoms with Gasteiger partial charge in [-0.05, 0) is 26.0 Å². The van der Waals surface area contributed by atoms with Gasteiger partial charge in [0, 0.05) is 6.04 Å². The third-order valence-corrected chi connectivity index (χ3v) is 2.23. The SMILES string of the molecule is CC(C)NC(=O)c1ccccc1NC(=O)CCl. The van der Waals surface area contributed by atoms with E-state index < -0.39 is 0 Å². The van der Waals surface area contributed by atoms with E-state index in [2.05, 4.69) is 10.6 Å². The lowest BCUT2D eigenvalue weighted by Gasteiger charge is -2.12. The Hall–Kier alpha value is -1.55. The Morgan fingerprint density at radius 1 is 1.29 bits per heavy atom. The molecular weight excluding hydrogens is 240 g/mol.